The van der Waals surface area contributed by atoms with Crippen LogP contribution >= 0.6 is 0 Å². The number of nitrogens with two attached hydrogens (primary N) is 1. The number of para-hydroxylation sites is 1. The summed E-state index contributed by atoms with van der Waals surface area (Å²) >= 11 is 0. The molecule has 0 bridgehead atoms. The molecule has 1 atom stereocenters. The summed E-state index contributed by atoms with van der Waals surface area (Å²) in [7, 11) is 1.54. The van der Waals surface area contributed by atoms with Crippen LogP contribution in [0, 0.1) is 5.82 Å². The van der Waals surface area contributed by atoms with Crippen molar-refractivity contribution in [2.24, 2.45) is 5.73 Å². The molecule has 2 aromatic rings. The maximum Gasteiger partial charge on any atom is 0.134 e. The molecule has 2 aromatic carbocycles. The van der Waals surface area contributed by atoms with Crippen molar-refractivity contribution in [3.8, 4) is 22.6 Å². The zero-order chi connectivity index (χ0) is 14.8. The summed E-state index contributed by atoms with van der Waals surface area (Å²) in [4.78, 5) is 0. The van der Waals surface area contributed by atoms with E-state index in [0.717, 1.165) is 29.7 Å². The molecule has 4 heteroatoms. The molecular formula is C17H18FNO2. The minimum atomic E-state index is -0.318. The minimum absolute atomic E-state index is 0.0172. The molecule has 1 heterocycles. The van der Waals surface area contributed by atoms with E-state index in [2.05, 4.69) is 0 Å². The van der Waals surface area contributed by atoms with Crippen LogP contribution in [0.1, 0.15) is 12.0 Å². The van der Waals surface area contributed by atoms with Crippen molar-refractivity contribution in [1.82, 2.24) is 0 Å². The van der Waals surface area contributed by atoms with E-state index in [1.54, 1.807) is 12.1 Å². The van der Waals surface area contributed by atoms with Gasteiger partial charge in [0, 0.05) is 12.1 Å². The molecule has 0 aromatic heterocycles. The highest BCUT2D eigenvalue weighted by molar-refractivity contribution is 5.78. The lowest BCUT2D eigenvalue weighted by molar-refractivity contribution is 0.182. The first-order valence-corrected chi connectivity index (χ1v) is 7.06. The molecular weight excluding hydrogens is 269 g/mol. The number of ether oxygens (including phenoxy) is 2. The summed E-state index contributed by atoms with van der Waals surface area (Å²) in [5, 5.41) is 0. The Labute approximate surface area is 123 Å². The molecule has 1 aliphatic heterocycles. The monoisotopic (exact) mass is 287 g/mol. The third kappa shape index (κ3) is 2.47. The molecule has 21 heavy (non-hydrogen) atoms. The number of hydrogen-bond acceptors (Lipinski definition) is 3. The van der Waals surface area contributed by atoms with E-state index >= 15 is 0 Å². The Kier molecular flexibility index (Phi) is 3.80. The van der Waals surface area contributed by atoms with E-state index in [1.165, 1.54) is 13.2 Å². The van der Waals surface area contributed by atoms with E-state index < -0.39 is 0 Å². The summed E-state index contributed by atoms with van der Waals surface area (Å²) in [6.45, 7) is 0.460. The van der Waals surface area contributed by atoms with Gasteiger partial charge in [0.1, 0.15) is 23.4 Å². The molecule has 3 nitrogen and oxygen atoms in total. The summed E-state index contributed by atoms with van der Waals surface area (Å²) < 4.78 is 25.6. The Bertz CT molecular complexity index is 657. The van der Waals surface area contributed by atoms with Crippen LogP contribution in [0.3, 0.4) is 0 Å². The predicted molar refractivity (Wildman–Crippen MR) is 80.2 cm³/mol. The molecule has 0 saturated carbocycles. The molecule has 110 valence electrons. The minimum Gasteiger partial charge on any atom is -0.496 e. The van der Waals surface area contributed by atoms with Gasteiger partial charge in [-0.25, -0.2) is 4.39 Å². The smallest absolute Gasteiger partial charge is 0.134 e. The summed E-state index contributed by atoms with van der Waals surface area (Å²) in [6.07, 6.45) is 1.76. The fourth-order valence-corrected chi connectivity index (χ4v) is 2.76. The van der Waals surface area contributed by atoms with Crippen molar-refractivity contribution < 1.29 is 13.9 Å². The summed E-state index contributed by atoms with van der Waals surface area (Å²) in [6, 6.07) is 10.6. The number of rotatable bonds is 3. The Morgan fingerprint density at radius 3 is 2.86 bits per heavy atom. The third-order valence-corrected chi connectivity index (χ3v) is 3.84. The highest BCUT2D eigenvalue weighted by atomic mass is 19.1. The van der Waals surface area contributed by atoms with Gasteiger partial charge in [-0.2, -0.15) is 0 Å². The lowest BCUT2D eigenvalue weighted by Crippen LogP contribution is -2.30. The van der Waals surface area contributed by atoms with Gasteiger partial charge in [0.25, 0.3) is 0 Å². The van der Waals surface area contributed by atoms with Crippen LogP contribution in [-0.2, 0) is 6.42 Å². The van der Waals surface area contributed by atoms with Crippen LogP contribution in [0.15, 0.2) is 36.4 Å². The van der Waals surface area contributed by atoms with Crippen molar-refractivity contribution in [2.45, 2.75) is 18.9 Å². The standard InChI is InChI=1S/C17H18FNO2/c1-20-15-7-3-6-14(18)16(15)13-5-2-4-11-8-9-12(10-19)21-17(11)13/h2-7,12H,8-10,19H2,1H3/t12-/m1/s1. The fourth-order valence-electron chi connectivity index (χ4n) is 2.76. The van der Waals surface area contributed by atoms with Crippen molar-refractivity contribution in [3.63, 3.8) is 0 Å². The molecule has 0 saturated heterocycles. The van der Waals surface area contributed by atoms with Gasteiger partial charge in [-0.05, 0) is 30.5 Å². The largest absolute Gasteiger partial charge is 0.496 e. The lowest BCUT2D eigenvalue weighted by atomic mass is 9.95. The van der Waals surface area contributed by atoms with Crippen LogP contribution in [0.2, 0.25) is 0 Å². The van der Waals surface area contributed by atoms with E-state index in [0.29, 0.717) is 17.9 Å². The Balaban J connectivity index is 2.17. The average Bonchev–Trinajstić information content (AvgIpc) is 2.53. The molecule has 1 aliphatic rings. The molecule has 0 fully saturated rings. The van der Waals surface area contributed by atoms with E-state index in [-0.39, 0.29) is 11.9 Å². The molecule has 3 rings (SSSR count). The second kappa shape index (κ2) is 5.74. The van der Waals surface area contributed by atoms with Crippen molar-refractivity contribution in [1.29, 1.82) is 0 Å². The number of fused-ring (bicyclic) bond motifs is 1. The van der Waals surface area contributed by atoms with Crippen LogP contribution in [0.5, 0.6) is 11.5 Å². The first-order valence-electron chi connectivity index (χ1n) is 7.06. The highest BCUT2D eigenvalue weighted by Gasteiger charge is 2.24. The molecule has 0 spiro atoms. The van der Waals surface area contributed by atoms with Gasteiger partial charge in [-0.3, -0.25) is 0 Å². The Hall–Kier alpha value is -2.07. The molecule has 0 radical (unpaired) electrons. The lowest BCUT2D eigenvalue weighted by Gasteiger charge is -2.27. The normalized spacial score (nSPS) is 17.0. The highest BCUT2D eigenvalue weighted by Crippen LogP contribution is 2.42. The maximum atomic E-state index is 14.3. The van der Waals surface area contributed by atoms with E-state index in [4.69, 9.17) is 15.2 Å². The molecule has 2 N–H and O–H groups in total. The number of halogens is 1. The van der Waals surface area contributed by atoms with Crippen LogP contribution in [0.4, 0.5) is 4.39 Å². The predicted octanol–water partition coefficient (Wildman–Crippen LogP) is 3.15. The number of benzene rings is 2. The zero-order valence-electron chi connectivity index (χ0n) is 11.9. The number of hydrogen-bond donors (Lipinski definition) is 1. The Morgan fingerprint density at radius 2 is 2.10 bits per heavy atom. The topological polar surface area (TPSA) is 44.5 Å². The number of aryl methyl sites for hydroxylation is 1. The van der Waals surface area contributed by atoms with Crippen molar-refractivity contribution >= 4 is 0 Å². The fraction of sp³-hybridized carbons (Fsp3) is 0.294. The first-order chi connectivity index (χ1) is 10.2. The van der Waals surface area contributed by atoms with Gasteiger partial charge in [0.15, 0.2) is 0 Å². The quantitative estimate of drug-likeness (QED) is 0.943. The molecule has 0 unspecified atom stereocenters. The van der Waals surface area contributed by atoms with E-state index in [9.17, 15) is 4.39 Å². The van der Waals surface area contributed by atoms with Crippen LogP contribution in [0.25, 0.3) is 11.1 Å². The van der Waals surface area contributed by atoms with Crippen molar-refractivity contribution in [2.75, 3.05) is 13.7 Å². The van der Waals surface area contributed by atoms with Gasteiger partial charge in [-0.15, -0.1) is 0 Å². The summed E-state index contributed by atoms with van der Waals surface area (Å²) in [5.74, 6) is 0.908. The Morgan fingerprint density at radius 1 is 1.29 bits per heavy atom. The molecule has 0 amide bonds. The second-order valence-electron chi connectivity index (χ2n) is 5.13. The van der Waals surface area contributed by atoms with E-state index in [1.807, 2.05) is 18.2 Å². The maximum absolute atomic E-state index is 14.3. The average molecular weight is 287 g/mol. The zero-order valence-corrected chi connectivity index (χ0v) is 11.9. The van der Waals surface area contributed by atoms with Gasteiger partial charge in [0.05, 0.1) is 12.7 Å². The molecule has 0 aliphatic carbocycles. The first kappa shape index (κ1) is 13.9. The van der Waals surface area contributed by atoms with Gasteiger partial charge >= 0.3 is 0 Å². The van der Waals surface area contributed by atoms with Crippen molar-refractivity contribution in [3.05, 3.63) is 47.8 Å². The van der Waals surface area contributed by atoms with Gasteiger partial charge < -0.3 is 15.2 Å². The van der Waals surface area contributed by atoms with Crippen LogP contribution in [-0.4, -0.2) is 19.8 Å². The SMILES string of the molecule is COc1cccc(F)c1-c1cccc2c1O[C@@H](CN)CC2. The number of methoxy groups -OCH3 is 1. The summed E-state index contributed by atoms with van der Waals surface area (Å²) in [5.41, 5.74) is 7.96. The van der Waals surface area contributed by atoms with Crippen LogP contribution < -0.4 is 15.2 Å². The third-order valence-electron chi connectivity index (χ3n) is 3.84. The van der Waals surface area contributed by atoms with Gasteiger partial charge in [-0.1, -0.05) is 24.3 Å². The second-order valence-corrected chi connectivity index (χ2v) is 5.13. The van der Waals surface area contributed by atoms with Gasteiger partial charge in [0.2, 0.25) is 0 Å².